The molecule has 0 aliphatic carbocycles. The first kappa shape index (κ1) is 12.3. The van der Waals surface area contributed by atoms with E-state index in [1.54, 1.807) is 13.2 Å². The van der Waals surface area contributed by atoms with Crippen LogP contribution in [0.25, 0.3) is 0 Å². The van der Waals surface area contributed by atoms with Crippen molar-refractivity contribution < 1.29 is 4.74 Å². The minimum absolute atomic E-state index is 0.210. The zero-order valence-electron chi connectivity index (χ0n) is 9.09. The zero-order chi connectivity index (χ0) is 11.3. The number of hydrogen-bond acceptors (Lipinski definition) is 3. The Hall–Kier alpha value is -0.770. The molecule has 0 saturated carbocycles. The highest BCUT2D eigenvalue weighted by molar-refractivity contribution is 6.30. The van der Waals surface area contributed by atoms with Crippen molar-refractivity contribution in [3.05, 3.63) is 28.8 Å². The minimum Gasteiger partial charge on any atom is -0.399 e. The molecule has 0 bridgehead atoms. The van der Waals surface area contributed by atoms with E-state index < -0.39 is 0 Å². The Bertz CT molecular complexity index is 297. The van der Waals surface area contributed by atoms with E-state index in [0.717, 1.165) is 18.7 Å². The number of nitrogen functional groups attached to an aromatic ring is 1. The van der Waals surface area contributed by atoms with E-state index in [0.29, 0.717) is 10.7 Å². The van der Waals surface area contributed by atoms with Crippen molar-refractivity contribution in [3.63, 3.8) is 0 Å². The van der Waals surface area contributed by atoms with Gasteiger partial charge in [-0.3, -0.25) is 0 Å². The first-order valence-electron chi connectivity index (χ1n) is 4.90. The summed E-state index contributed by atoms with van der Waals surface area (Å²) in [6.45, 7) is 3.57. The molecule has 4 heteroatoms. The molecule has 0 saturated heterocycles. The highest BCUT2D eigenvalue weighted by Crippen LogP contribution is 2.16. The molecule has 1 aromatic carbocycles. The molecule has 0 aliphatic heterocycles. The van der Waals surface area contributed by atoms with Gasteiger partial charge in [-0.2, -0.15) is 0 Å². The lowest BCUT2D eigenvalue weighted by Gasteiger charge is -2.11. The molecule has 84 valence electrons. The quantitative estimate of drug-likeness (QED) is 0.759. The van der Waals surface area contributed by atoms with Crippen molar-refractivity contribution in [2.45, 2.75) is 19.6 Å². The van der Waals surface area contributed by atoms with Crippen molar-refractivity contribution in [3.8, 4) is 0 Å². The van der Waals surface area contributed by atoms with Gasteiger partial charge in [-0.1, -0.05) is 11.6 Å². The highest BCUT2D eigenvalue weighted by Gasteiger charge is 2.00. The van der Waals surface area contributed by atoms with E-state index in [2.05, 4.69) is 5.32 Å². The summed E-state index contributed by atoms with van der Waals surface area (Å²) < 4.78 is 5.12. The Morgan fingerprint density at radius 2 is 2.20 bits per heavy atom. The Balaban J connectivity index is 2.43. The van der Waals surface area contributed by atoms with Crippen LogP contribution in [0, 0.1) is 0 Å². The maximum atomic E-state index is 5.89. The van der Waals surface area contributed by atoms with Gasteiger partial charge in [0.1, 0.15) is 0 Å². The number of methoxy groups -OCH3 is 1. The van der Waals surface area contributed by atoms with Crippen LogP contribution >= 0.6 is 11.6 Å². The maximum Gasteiger partial charge on any atom is 0.0667 e. The molecule has 3 N–H and O–H groups in total. The van der Waals surface area contributed by atoms with Gasteiger partial charge in [0.25, 0.3) is 0 Å². The van der Waals surface area contributed by atoms with Crippen LogP contribution in [0.15, 0.2) is 18.2 Å². The van der Waals surface area contributed by atoms with Crippen molar-refractivity contribution in [1.82, 2.24) is 5.32 Å². The summed E-state index contributed by atoms with van der Waals surface area (Å²) in [7, 11) is 1.70. The van der Waals surface area contributed by atoms with Gasteiger partial charge in [-0.05, 0) is 30.7 Å². The molecule has 1 atom stereocenters. The molecule has 1 unspecified atom stereocenters. The number of rotatable bonds is 5. The summed E-state index contributed by atoms with van der Waals surface area (Å²) in [4.78, 5) is 0. The number of nitrogens with one attached hydrogen (secondary N) is 1. The maximum absolute atomic E-state index is 5.89. The molecule has 0 aromatic heterocycles. The van der Waals surface area contributed by atoms with Gasteiger partial charge >= 0.3 is 0 Å². The Morgan fingerprint density at radius 3 is 2.80 bits per heavy atom. The summed E-state index contributed by atoms with van der Waals surface area (Å²) >= 11 is 5.89. The third-order valence-corrected chi connectivity index (χ3v) is 2.36. The second-order valence-corrected chi connectivity index (χ2v) is 4.01. The Labute approximate surface area is 95.6 Å². The average molecular weight is 229 g/mol. The predicted octanol–water partition coefficient (Wildman–Crippen LogP) is 2.05. The molecule has 0 aliphatic rings. The summed E-state index contributed by atoms with van der Waals surface area (Å²) in [5, 5.41) is 3.94. The number of hydrogen-bond donors (Lipinski definition) is 2. The third kappa shape index (κ3) is 4.51. The third-order valence-electron chi connectivity index (χ3n) is 2.14. The molecule has 0 spiro atoms. The second kappa shape index (κ2) is 5.95. The van der Waals surface area contributed by atoms with Crippen molar-refractivity contribution in [2.24, 2.45) is 0 Å². The largest absolute Gasteiger partial charge is 0.399 e. The first-order chi connectivity index (χ1) is 7.11. The molecular formula is C11H17ClN2O. The topological polar surface area (TPSA) is 47.3 Å². The zero-order valence-corrected chi connectivity index (χ0v) is 9.84. The molecule has 15 heavy (non-hydrogen) atoms. The summed E-state index contributed by atoms with van der Waals surface area (Å²) in [5.74, 6) is 0. The molecule has 0 radical (unpaired) electrons. The normalized spacial score (nSPS) is 12.7. The number of benzene rings is 1. The van der Waals surface area contributed by atoms with Crippen molar-refractivity contribution in [1.29, 1.82) is 0 Å². The van der Waals surface area contributed by atoms with Crippen molar-refractivity contribution >= 4 is 17.3 Å². The van der Waals surface area contributed by atoms with Crippen molar-refractivity contribution in [2.75, 3.05) is 19.4 Å². The van der Waals surface area contributed by atoms with E-state index in [4.69, 9.17) is 22.1 Å². The predicted molar refractivity (Wildman–Crippen MR) is 64.0 cm³/mol. The Kier molecular flexibility index (Phi) is 4.88. The molecular weight excluding hydrogens is 212 g/mol. The molecule has 1 aromatic rings. The van der Waals surface area contributed by atoms with Gasteiger partial charge in [0.2, 0.25) is 0 Å². The van der Waals surface area contributed by atoms with E-state index >= 15 is 0 Å². The molecule has 0 fully saturated rings. The summed E-state index contributed by atoms with van der Waals surface area (Å²) in [6, 6.07) is 5.56. The molecule has 0 heterocycles. The van der Waals surface area contributed by atoms with Crippen LogP contribution in [0.5, 0.6) is 0 Å². The van der Waals surface area contributed by atoms with Crippen LogP contribution in [-0.4, -0.2) is 19.8 Å². The van der Waals surface area contributed by atoms with Crippen LogP contribution in [0.1, 0.15) is 12.5 Å². The lowest BCUT2D eigenvalue weighted by Crippen LogP contribution is -2.25. The fourth-order valence-electron chi connectivity index (χ4n) is 1.28. The molecule has 0 amide bonds. The summed E-state index contributed by atoms with van der Waals surface area (Å²) in [5.41, 5.74) is 7.46. The van der Waals surface area contributed by atoms with E-state index in [-0.39, 0.29) is 6.10 Å². The molecule has 3 nitrogen and oxygen atoms in total. The van der Waals surface area contributed by atoms with Crippen LogP contribution < -0.4 is 11.1 Å². The fourth-order valence-corrected chi connectivity index (χ4v) is 1.55. The average Bonchev–Trinajstić information content (AvgIpc) is 2.16. The van der Waals surface area contributed by atoms with E-state index in [1.807, 2.05) is 19.1 Å². The number of anilines is 1. The number of ether oxygens (including phenoxy) is 1. The fraction of sp³-hybridized carbons (Fsp3) is 0.455. The Morgan fingerprint density at radius 1 is 1.47 bits per heavy atom. The second-order valence-electron chi connectivity index (χ2n) is 3.57. The van der Waals surface area contributed by atoms with Gasteiger partial charge in [-0.25, -0.2) is 0 Å². The van der Waals surface area contributed by atoms with Crippen LogP contribution in [0.2, 0.25) is 5.02 Å². The van der Waals surface area contributed by atoms with Gasteiger partial charge in [-0.15, -0.1) is 0 Å². The number of nitrogens with two attached hydrogens (primary N) is 1. The smallest absolute Gasteiger partial charge is 0.0667 e. The molecule has 1 rings (SSSR count). The van der Waals surface area contributed by atoms with Crippen LogP contribution in [0.3, 0.4) is 0 Å². The van der Waals surface area contributed by atoms with Crippen LogP contribution in [0.4, 0.5) is 5.69 Å². The lowest BCUT2D eigenvalue weighted by atomic mass is 10.2. The van der Waals surface area contributed by atoms with Gasteiger partial charge in [0, 0.05) is 30.9 Å². The van der Waals surface area contributed by atoms with E-state index in [1.165, 1.54) is 0 Å². The monoisotopic (exact) mass is 228 g/mol. The van der Waals surface area contributed by atoms with Gasteiger partial charge in [0.05, 0.1) is 6.10 Å². The first-order valence-corrected chi connectivity index (χ1v) is 5.28. The standard InChI is InChI=1S/C11H17ClN2O/c1-8(15-2)6-14-7-9-3-10(12)5-11(13)4-9/h3-5,8,14H,6-7,13H2,1-2H3. The highest BCUT2D eigenvalue weighted by atomic mass is 35.5. The SMILES string of the molecule is COC(C)CNCc1cc(N)cc(Cl)c1. The van der Waals surface area contributed by atoms with Gasteiger partial charge < -0.3 is 15.8 Å². The summed E-state index contributed by atoms with van der Waals surface area (Å²) in [6.07, 6.45) is 0.210. The minimum atomic E-state index is 0.210. The lowest BCUT2D eigenvalue weighted by molar-refractivity contribution is 0.117. The van der Waals surface area contributed by atoms with Crippen LogP contribution in [-0.2, 0) is 11.3 Å². The van der Waals surface area contributed by atoms with Gasteiger partial charge in [0.15, 0.2) is 0 Å². The van der Waals surface area contributed by atoms with E-state index in [9.17, 15) is 0 Å². The number of halogens is 1.